The van der Waals surface area contributed by atoms with Gasteiger partial charge in [-0.1, -0.05) is 24.3 Å². The summed E-state index contributed by atoms with van der Waals surface area (Å²) in [6.45, 7) is 4.10. The quantitative estimate of drug-likeness (QED) is 0.876. The largest absolute Gasteiger partial charge is 0.319 e. The summed E-state index contributed by atoms with van der Waals surface area (Å²) in [5.41, 5.74) is 10.3. The third-order valence-corrected chi connectivity index (χ3v) is 3.51. The summed E-state index contributed by atoms with van der Waals surface area (Å²) in [6.07, 6.45) is 1.98. The first-order valence-corrected chi connectivity index (χ1v) is 6.29. The molecule has 3 rings (SSSR count). The first kappa shape index (κ1) is 11.4. The molecule has 1 heterocycles. The van der Waals surface area contributed by atoms with Crippen molar-refractivity contribution in [3.8, 4) is 11.3 Å². The lowest BCUT2D eigenvalue weighted by Gasteiger charge is -2.11. The molecule has 0 spiro atoms. The zero-order valence-electron chi connectivity index (χ0n) is 10.8. The van der Waals surface area contributed by atoms with E-state index in [1.807, 2.05) is 25.1 Å². The fourth-order valence-corrected chi connectivity index (χ4v) is 2.15. The lowest BCUT2D eigenvalue weighted by Crippen LogP contribution is -2.22. The van der Waals surface area contributed by atoms with Crippen molar-refractivity contribution in [3.05, 3.63) is 47.4 Å². The van der Waals surface area contributed by atoms with Gasteiger partial charge in [0, 0.05) is 11.3 Å². The van der Waals surface area contributed by atoms with Crippen LogP contribution < -0.4 is 5.73 Å². The van der Waals surface area contributed by atoms with Gasteiger partial charge in [0.25, 0.3) is 0 Å². The van der Waals surface area contributed by atoms with Gasteiger partial charge in [0.2, 0.25) is 0 Å². The fraction of sp³-hybridized carbons (Fsp3) is 0.333. The van der Waals surface area contributed by atoms with E-state index in [1.165, 1.54) is 5.56 Å². The number of hydrogen-bond donors (Lipinski definition) is 1. The Kier molecular flexibility index (Phi) is 2.45. The molecule has 18 heavy (non-hydrogen) atoms. The third kappa shape index (κ3) is 1.91. The summed E-state index contributed by atoms with van der Waals surface area (Å²) in [5, 5.41) is 0. The average Bonchev–Trinajstić information content (AvgIpc) is 3.08. The number of aromatic nitrogens is 2. The molecular formula is C15H17N3. The average molecular weight is 239 g/mol. The Morgan fingerprint density at radius 3 is 2.50 bits per heavy atom. The molecule has 2 N–H and O–H groups in total. The SMILES string of the molecule is Cc1cc(-c2ccccc2C)nc(C2(N)CC2)n1. The predicted octanol–water partition coefficient (Wildman–Crippen LogP) is 2.71. The molecule has 2 aromatic rings. The minimum absolute atomic E-state index is 0.274. The summed E-state index contributed by atoms with van der Waals surface area (Å²) in [4.78, 5) is 9.15. The lowest BCUT2D eigenvalue weighted by atomic mass is 10.0. The highest BCUT2D eigenvalue weighted by atomic mass is 15.0. The van der Waals surface area contributed by atoms with Crippen LogP contribution >= 0.6 is 0 Å². The van der Waals surface area contributed by atoms with Crippen LogP contribution in [0.4, 0.5) is 0 Å². The molecule has 92 valence electrons. The highest BCUT2D eigenvalue weighted by Crippen LogP contribution is 2.41. The van der Waals surface area contributed by atoms with Crippen LogP contribution in [0.3, 0.4) is 0 Å². The molecule has 0 radical (unpaired) electrons. The van der Waals surface area contributed by atoms with Gasteiger partial charge in [-0.25, -0.2) is 9.97 Å². The number of nitrogens with zero attached hydrogens (tertiary/aromatic N) is 2. The first-order valence-electron chi connectivity index (χ1n) is 6.29. The number of rotatable bonds is 2. The van der Waals surface area contributed by atoms with Gasteiger partial charge in [-0.15, -0.1) is 0 Å². The van der Waals surface area contributed by atoms with E-state index in [-0.39, 0.29) is 5.54 Å². The van der Waals surface area contributed by atoms with Crippen LogP contribution in [-0.4, -0.2) is 9.97 Å². The summed E-state index contributed by atoms with van der Waals surface area (Å²) < 4.78 is 0. The molecule has 0 bridgehead atoms. The molecule has 1 aliphatic carbocycles. The van der Waals surface area contributed by atoms with E-state index >= 15 is 0 Å². The Labute approximate surface area is 107 Å². The second-order valence-electron chi connectivity index (χ2n) is 5.19. The molecule has 0 saturated heterocycles. The van der Waals surface area contributed by atoms with Crippen LogP contribution in [0.2, 0.25) is 0 Å². The van der Waals surface area contributed by atoms with Gasteiger partial charge < -0.3 is 5.73 Å². The lowest BCUT2D eigenvalue weighted by molar-refractivity contribution is 0.669. The van der Waals surface area contributed by atoms with E-state index in [0.717, 1.165) is 35.6 Å². The van der Waals surface area contributed by atoms with Gasteiger partial charge in [-0.3, -0.25) is 0 Å². The van der Waals surface area contributed by atoms with Crippen LogP contribution in [0.25, 0.3) is 11.3 Å². The van der Waals surface area contributed by atoms with Crippen molar-refractivity contribution in [1.29, 1.82) is 0 Å². The summed E-state index contributed by atoms with van der Waals surface area (Å²) >= 11 is 0. The molecule has 1 fully saturated rings. The number of nitrogens with two attached hydrogens (primary N) is 1. The molecule has 0 unspecified atom stereocenters. The minimum atomic E-state index is -0.274. The van der Waals surface area contributed by atoms with Gasteiger partial charge in [0.05, 0.1) is 11.2 Å². The highest BCUT2D eigenvalue weighted by Gasteiger charge is 2.43. The molecule has 0 amide bonds. The van der Waals surface area contributed by atoms with Crippen molar-refractivity contribution in [1.82, 2.24) is 9.97 Å². The fourth-order valence-electron chi connectivity index (χ4n) is 2.15. The van der Waals surface area contributed by atoms with Gasteiger partial charge in [0.1, 0.15) is 5.82 Å². The third-order valence-electron chi connectivity index (χ3n) is 3.51. The van der Waals surface area contributed by atoms with Crippen molar-refractivity contribution in [2.75, 3.05) is 0 Å². The van der Waals surface area contributed by atoms with E-state index in [2.05, 4.69) is 29.0 Å². The van der Waals surface area contributed by atoms with Gasteiger partial charge in [-0.05, 0) is 38.3 Å². The summed E-state index contributed by atoms with van der Waals surface area (Å²) in [6, 6.07) is 10.3. The minimum Gasteiger partial charge on any atom is -0.319 e. The first-order chi connectivity index (χ1) is 8.58. The Morgan fingerprint density at radius 2 is 1.83 bits per heavy atom. The van der Waals surface area contributed by atoms with E-state index in [0.29, 0.717) is 0 Å². The molecule has 3 heteroatoms. The molecule has 1 aliphatic rings. The molecule has 0 atom stereocenters. The molecule has 1 saturated carbocycles. The maximum absolute atomic E-state index is 6.20. The number of hydrogen-bond acceptors (Lipinski definition) is 3. The predicted molar refractivity (Wildman–Crippen MR) is 72.0 cm³/mol. The Balaban J connectivity index is 2.13. The van der Waals surface area contributed by atoms with Crippen LogP contribution in [-0.2, 0) is 5.54 Å². The second kappa shape index (κ2) is 3.89. The van der Waals surface area contributed by atoms with Crippen LogP contribution in [0.1, 0.15) is 29.9 Å². The van der Waals surface area contributed by atoms with Crippen LogP contribution in [0.5, 0.6) is 0 Å². The van der Waals surface area contributed by atoms with Crippen molar-refractivity contribution in [2.45, 2.75) is 32.2 Å². The van der Waals surface area contributed by atoms with Crippen molar-refractivity contribution >= 4 is 0 Å². The van der Waals surface area contributed by atoms with E-state index in [9.17, 15) is 0 Å². The second-order valence-corrected chi connectivity index (χ2v) is 5.19. The van der Waals surface area contributed by atoms with Crippen LogP contribution in [0.15, 0.2) is 30.3 Å². The molecule has 3 nitrogen and oxygen atoms in total. The van der Waals surface area contributed by atoms with Crippen LogP contribution in [0, 0.1) is 13.8 Å². The topological polar surface area (TPSA) is 51.8 Å². The van der Waals surface area contributed by atoms with Gasteiger partial charge in [0.15, 0.2) is 0 Å². The van der Waals surface area contributed by atoms with Crippen molar-refractivity contribution < 1.29 is 0 Å². The highest BCUT2D eigenvalue weighted by molar-refractivity contribution is 5.63. The molecule has 1 aromatic carbocycles. The normalized spacial score (nSPS) is 16.6. The van der Waals surface area contributed by atoms with Gasteiger partial charge in [-0.2, -0.15) is 0 Å². The summed E-state index contributed by atoms with van der Waals surface area (Å²) in [7, 11) is 0. The Morgan fingerprint density at radius 1 is 1.11 bits per heavy atom. The maximum Gasteiger partial charge on any atom is 0.149 e. The monoisotopic (exact) mass is 239 g/mol. The Hall–Kier alpha value is -1.74. The maximum atomic E-state index is 6.20. The zero-order valence-corrected chi connectivity index (χ0v) is 10.8. The Bertz CT molecular complexity index is 600. The number of benzene rings is 1. The number of aryl methyl sites for hydroxylation is 2. The zero-order chi connectivity index (χ0) is 12.8. The molecular weight excluding hydrogens is 222 g/mol. The van der Waals surface area contributed by atoms with E-state index in [4.69, 9.17) is 5.73 Å². The smallest absolute Gasteiger partial charge is 0.149 e. The summed E-state index contributed by atoms with van der Waals surface area (Å²) in [5.74, 6) is 0.792. The van der Waals surface area contributed by atoms with Crippen molar-refractivity contribution in [2.24, 2.45) is 5.73 Å². The van der Waals surface area contributed by atoms with Crippen molar-refractivity contribution in [3.63, 3.8) is 0 Å². The molecule has 0 aliphatic heterocycles. The standard InChI is InChI=1S/C15H17N3/c1-10-5-3-4-6-12(10)13-9-11(2)17-14(18-13)15(16)7-8-15/h3-6,9H,7-8,16H2,1-2H3. The van der Waals surface area contributed by atoms with E-state index < -0.39 is 0 Å². The molecule has 1 aromatic heterocycles. The van der Waals surface area contributed by atoms with E-state index in [1.54, 1.807) is 0 Å². The van der Waals surface area contributed by atoms with Gasteiger partial charge >= 0.3 is 0 Å².